The van der Waals surface area contributed by atoms with Crippen molar-refractivity contribution in [3.63, 3.8) is 0 Å². The summed E-state index contributed by atoms with van der Waals surface area (Å²) in [5.41, 5.74) is 3.28. The van der Waals surface area contributed by atoms with Crippen LogP contribution in [0.4, 0.5) is 0 Å². The van der Waals surface area contributed by atoms with Gasteiger partial charge in [0.2, 0.25) is 0 Å². The van der Waals surface area contributed by atoms with Gasteiger partial charge in [-0.3, -0.25) is 4.79 Å². The minimum atomic E-state index is -0.778. The molecule has 3 heteroatoms. The van der Waals surface area contributed by atoms with Gasteiger partial charge in [0.1, 0.15) is 0 Å². The maximum Gasteiger partial charge on any atom is 0.307 e. The Labute approximate surface area is 107 Å². The van der Waals surface area contributed by atoms with Gasteiger partial charge in [0.15, 0.2) is 0 Å². The fraction of sp³-hybridized carbons (Fsp3) is 0.400. The molecular weight excluding hydrogens is 226 g/mol. The lowest BCUT2D eigenvalue weighted by atomic mass is 10.00. The molecular formula is C15H19NO2. The topological polar surface area (TPSA) is 42.2 Å². The van der Waals surface area contributed by atoms with Gasteiger partial charge in [-0.2, -0.15) is 0 Å². The van der Waals surface area contributed by atoms with Crippen LogP contribution < -0.4 is 0 Å². The molecule has 18 heavy (non-hydrogen) atoms. The van der Waals surface area contributed by atoms with Crippen LogP contribution in [0.2, 0.25) is 0 Å². The zero-order chi connectivity index (χ0) is 13.3. The monoisotopic (exact) mass is 245 g/mol. The molecule has 1 N–H and O–H groups in total. The van der Waals surface area contributed by atoms with Gasteiger partial charge in [-0.15, -0.1) is 0 Å². The lowest BCUT2D eigenvalue weighted by molar-refractivity contribution is -0.136. The number of fused-ring (bicyclic) bond motifs is 1. The maximum atomic E-state index is 10.9. The molecule has 96 valence electrons. The molecule has 2 rings (SSSR count). The summed E-state index contributed by atoms with van der Waals surface area (Å²) in [7, 11) is 0. The van der Waals surface area contributed by atoms with Crippen LogP contribution in [0.25, 0.3) is 10.9 Å². The number of aromatic nitrogens is 1. The van der Waals surface area contributed by atoms with Crippen molar-refractivity contribution in [1.29, 1.82) is 0 Å². The Balaban J connectivity index is 2.61. The standard InChI is InChI=1S/C15H19NO2/c1-4-16-9-12(8-15(17)18)13-7-11(10(2)3)5-6-14(13)16/h5-7,9-10H,4,8H2,1-3H3,(H,17,18). The molecule has 0 unspecified atom stereocenters. The molecule has 1 aromatic heterocycles. The highest BCUT2D eigenvalue weighted by atomic mass is 16.4. The van der Waals surface area contributed by atoms with Gasteiger partial charge in [-0.1, -0.05) is 19.9 Å². The molecule has 1 heterocycles. The molecule has 0 radical (unpaired) electrons. The van der Waals surface area contributed by atoms with Crippen LogP contribution in [0.3, 0.4) is 0 Å². The Morgan fingerprint density at radius 1 is 1.39 bits per heavy atom. The third-order valence-electron chi connectivity index (χ3n) is 3.34. The highest BCUT2D eigenvalue weighted by molar-refractivity contribution is 5.88. The molecule has 0 amide bonds. The second-order valence-corrected chi connectivity index (χ2v) is 4.94. The van der Waals surface area contributed by atoms with Crippen LogP contribution in [-0.2, 0) is 17.8 Å². The highest BCUT2D eigenvalue weighted by Crippen LogP contribution is 2.26. The van der Waals surface area contributed by atoms with E-state index < -0.39 is 5.97 Å². The number of nitrogens with zero attached hydrogens (tertiary/aromatic N) is 1. The average Bonchev–Trinajstić information content (AvgIpc) is 2.66. The SMILES string of the molecule is CCn1cc(CC(=O)O)c2cc(C(C)C)ccc21. The van der Waals surface area contributed by atoms with Crippen LogP contribution in [0.5, 0.6) is 0 Å². The first kappa shape index (κ1) is 12.7. The smallest absolute Gasteiger partial charge is 0.307 e. The van der Waals surface area contributed by atoms with Crippen molar-refractivity contribution in [2.45, 2.75) is 39.7 Å². The molecule has 1 aromatic carbocycles. The zero-order valence-corrected chi connectivity index (χ0v) is 11.1. The first-order valence-electron chi connectivity index (χ1n) is 6.36. The average molecular weight is 245 g/mol. The molecule has 0 spiro atoms. The van der Waals surface area contributed by atoms with E-state index in [-0.39, 0.29) is 6.42 Å². The molecule has 2 aromatic rings. The number of carboxylic acids is 1. The fourth-order valence-electron chi connectivity index (χ4n) is 2.31. The van der Waals surface area contributed by atoms with Crippen molar-refractivity contribution < 1.29 is 9.90 Å². The number of hydrogen-bond acceptors (Lipinski definition) is 1. The number of rotatable bonds is 4. The second-order valence-electron chi connectivity index (χ2n) is 4.94. The Bertz CT molecular complexity index is 581. The molecule has 0 atom stereocenters. The number of aryl methyl sites for hydroxylation is 1. The highest BCUT2D eigenvalue weighted by Gasteiger charge is 2.12. The van der Waals surface area contributed by atoms with Crippen LogP contribution >= 0.6 is 0 Å². The molecule has 0 saturated heterocycles. The lowest BCUT2D eigenvalue weighted by Crippen LogP contribution is -1.99. The van der Waals surface area contributed by atoms with Gasteiger partial charge in [-0.25, -0.2) is 0 Å². The van der Waals surface area contributed by atoms with Gasteiger partial charge in [0.05, 0.1) is 6.42 Å². The number of carbonyl (C=O) groups is 1. The molecule has 0 saturated carbocycles. The minimum Gasteiger partial charge on any atom is -0.481 e. The predicted octanol–water partition coefficient (Wildman–Crippen LogP) is 3.41. The normalized spacial score (nSPS) is 11.3. The molecule has 3 nitrogen and oxygen atoms in total. The Morgan fingerprint density at radius 2 is 2.11 bits per heavy atom. The van der Waals surface area contributed by atoms with E-state index in [0.717, 1.165) is 23.0 Å². The number of benzene rings is 1. The maximum absolute atomic E-state index is 10.9. The van der Waals surface area contributed by atoms with Gasteiger partial charge in [-0.05, 0) is 36.1 Å². The molecule has 0 aliphatic rings. The van der Waals surface area contributed by atoms with Crippen molar-refractivity contribution in [2.75, 3.05) is 0 Å². The summed E-state index contributed by atoms with van der Waals surface area (Å²) in [6, 6.07) is 6.35. The van der Waals surface area contributed by atoms with Gasteiger partial charge in [0.25, 0.3) is 0 Å². The van der Waals surface area contributed by atoms with E-state index in [2.05, 4.69) is 43.5 Å². The summed E-state index contributed by atoms with van der Waals surface area (Å²) in [6.45, 7) is 7.22. The van der Waals surface area contributed by atoms with Crippen molar-refractivity contribution in [3.8, 4) is 0 Å². The van der Waals surface area contributed by atoms with Crippen LogP contribution in [0, 0.1) is 0 Å². The van der Waals surface area contributed by atoms with E-state index in [1.807, 2.05) is 6.20 Å². The quantitative estimate of drug-likeness (QED) is 0.896. The molecule has 0 aliphatic heterocycles. The Hall–Kier alpha value is -1.77. The van der Waals surface area contributed by atoms with Gasteiger partial charge >= 0.3 is 5.97 Å². The van der Waals surface area contributed by atoms with E-state index >= 15 is 0 Å². The summed E-state index contributed by atoms with van der Waals surface area (Å²) in [4.78, 5) is 10.9. The van der Waals surface area contributed by atoms with Crippen LogP contribution in [0.15, 0.2) is 24.4 Å². The van der Waals surface area contributed by atoms with Gasteiger partial charge in [0, 0.05) is 23.6 Å². The fourth-order valence-corrected chi connectivity index (χ4v) is 2.31. The summed E-state index contributed by atoms with van der Waals surface area (Å²) >= 11 is 0. The summed E-state index contributed by atoms with van der Waals surface area (Å²) in [5.74, 6) is -0.322. The number of aliphatic carboxylic acids is 1. The lowest BCUT2D eigenvalue weighted by Gasteiger charge is -2.06. The zero-order valence-electron chi connectivity index (χ0n) is 11.1. The van der Waals surface area contributed by atoms with Crippen molar-refractivity contribution >= 4 is 16.9 Å². The van der Waals surface area contributed by atoms with Crippen LogP contribution in [0.1, 0.15) is 37.8 Å². The number of carboxylic acid groups (broad SMARTS) is 1. The van der Waals surface area contributed by atoms with E-state index in [4.69, 9.17) is 5.11 Å². The summed E-state index contributed by atoms with van der Waals surface area (Å²) < 4.78 is 2.11. The first-order chi connectivity index (χ1) is 8.52. The minimum absolute atomic E-state index is 0.0883. The summed E-state index contributed by atoms with van der Waals surface area (Å²) in [6.07, 6.45) is 2.05. The Kier molecular flexibility index (Phi) is 3.41. The Morgan fingerprint density at radius 3 is 2.67 bits per heavy atom. The predicted molar refractivity (Wildman–Crippen MR) is 73.0 cm³/mol. The van der Waals surface area contributed by atoms with Crippen molar-refractivity contribution in [2.24, 2.45) is 0 Å². The third-order valence-corrected chi connectivity index (χ3v) is 3.34. The van der Waals surface area contributed by atoms with E-state index in [1.54, 1.807) is 0 Å². The number of hydrogen-bond donors (Lipinski definition) is 1. The van der Waals surface area contributed by atoms with Crippen LogP contribution in [-0.4, -0.2) is 15.6 Å². The molecule has 0 aliphatic carbocycles. The molecule has 0 bridgehead atoms. The van der Waals surface area contributed by atoms with Crippen molar-refractivity contribution in [1.82, 2.24) is 4.57 Å². The third kappa shape index (κ3) is 2.26. The van der Waals surface area contributed by atoms with Crippen molar-refractivity contribution in [3.05, 3.63) is 35.5 Å². The van der Waals surface area contributed by atoms with E-state index in [1.165, 1.54) is 5.56 Å². The van der Waals surface area contributed by atoms with E-state index in [0.29, 0.717) is 5.92 Å². The van der Waals surface area contributed by atoms with Gasteiger partial charge < -0.3 is 9.67 Å². The first-order valence-corrected chi connectivity index (χ1v) is 6.36. The van der Waals surface area contributed by atoms with E-state index in [9.17, 15) is 4.79 Å². The summed E-state index contributed by atoms with van der Waals surface area (Å²) in [5, 5.41) is 10.1. The second kappa shape index (κ2) is 4.84. The molecule has 0 fully saturated rings. The largest absolute Gasteiger partial charge is 0.481 e.